The Balaban J connectivity index is 2.52. The standard InChI is InChI=1S/C13H20BrNO/c1-9(2)15-8-11(4)16-13-6-5-12(14)7-10(13)3/h5-7,9,11,15H,8H2,1-4H3. The molecule has 3 heteroatoms. The van der Waals surface area contributed by atoms with Crippen LogP contribution in [0.25, 0.3) is 0 Å². The zero-order valence-corrected chi connectivity index (χ0v) is 12.0. The van der Waals surface area contributed by atoms with Crippen LogP contribution in [0.3, 0.4) is 0 Å². The molecule has 16 heavy (non-hydrogen) atoms. The van der Waals surface area contributed by atoms with Crippen LogP contribution in [0.2, 0.25) is 0 Å². The Morgan fingerprint density at radius 3 is 2.56 bits per heavy atom. The Kier molecular flexibility index (Phi) is 5.29. The molecular formula is C13H20BrNO. The van der Waals surface area contributed by atoms with Gasteiger partial charge in [0.25, 0.3) is 0 Å². The van der Waals surface area contributed by atoms with Crippen molar-refractivity contribution in [2.45, 2.75) is 39.8 Å². The zero-order valence-electron chi connectivity index (χ0n) is 10.4. The van der Waals surface area contributed by atoms with Gasteiger partial charge in [0, 0.05) is 17.1 Å². The second-order valence-corrected chi connectivity index (χ2v) is 5.32. The van der Waals surface area contributed by atoms with E-state index in [0.29, 0.717) is 6.04 Å². The number of ether oxygens (including phenoxy) is 1. The van der Waals surface area contributed by atoms with Gasteiger partial charge in [-0.05, 0) is 37.6 Å². The van der Waals surface area contributed by atoms with Gasteiger partial charge in [-0.3, -0.25) is 0 Å². The van der Waals surface area contributed by atoms with Crippen molar-refractivity contribution < 1.29 is 4.74 Å². The highest BCUT2D eigenvalue weighted by Crippen LogP contribution is 2.22. The molecule has 1 atom stereocenters. The molecule has 0 aliphatic carbocycles. The average molecular weight is 286 g/mol. The number of hydrogen-bond donors (Lipinski definition) is 1. The van der Waals surface area contributed by atoms with Gasteiger partial charge in [0.2, 0.25) is 0 Å². The van der Waals surface area contributed by atoms with Gasteiger partial charge in [-0.15, -0.1) is 0 Å². The van der Waals surface area contributed by atoms with Crippen LogP contribution in [-0.2, 0) is 0 Å². The Hall–Kier alpha value is -0.540. The number of nitrogens with one attached hydrogen (secondary N) is 1. The van der Waals surface area contributed by atoms with Crippen molar-refractivity contribution in [3.05, 3.63) is 28.2 Å². The van der Waals surface area contributed by atoms with Crippen LogP contribution in [0.15, 0.2) is 22.7 Å². The number of aryl methyl sites for hydroxylation is 1. The Morgan fingerprint density at radius 1 is 1.31 bits per heavy atom. The topological polar surface area (TPSA) is 21.3 Å². The highest BCUT2D eigenvalue weighted by molar-refractivity contribution is 9.10. The van der Waals surface area contributed by atoms with Crippen molar-refractivity contribution in [1.82, 2.24) is 5.32 Å². The Labute approximate surface area is 107 Å². The molecule has 0 spiro atoms. The highest BCUT2D eigenvalue weighted by atomic mass is 79.9. The van der Waals surface area contributed by atoms with Crippen molar-refractivity contribution in [2.24, 2.45) is 0 Å². The first kappa shape index (κ1) is 13.5. The molecule has 1 N–H and O–H groups in total. The largest absolute Gasteiger partial charge is 0.489 e. The molecule has 0 fully saturated rings. The third-order valence-corrected chi connectivity index (χ3v) is 2.77. The lowest BCUT2D eigenvalue weighted by Gasteiger charge is -2.18. The fraction of sp³-hybridized carbons (Fsp3) is 0.538. The first-order valence-electron chi connectivity index (χ1n) is 5.65. The maximum Gasteiger partial charge on any atom is 0.122 e. The van der Waals surface area contributed by atoms with Gasteiger partial charge in [-0.1, -0.05) is 29.8 Å². The van der Waals surface area contributed by atoms with Crippen molar-refractivity contribution in [3.63, 3.8) is 0 Å². The summed E-state index contributed by atoms with van der Waals surface area (Å²) in [6.45, 7) is 9.28. The summed E-state index contributed by atoms with van der Waals surface area (Å²) >= 11 is 3.44. The van der Waals surface area contributed by atoms with E-state index in [2.05, 4.69) is 55.0 Å². The van der Waals surface area contributed by atoms with Crippen LogP contribution in [0.1, 0.15) is 26.3 Å². The molecular weight excluding hydrogens is 266 g/mol. The molecule has 90 valence electrons. The molecule has 0 saturated heterocycles. The van der Waals surface area contributed by atoms with Crippen molar-refractivity contribution >= 4 is 15.9 Å². The van der Waals surface area contributed by atoms with Crippen LogP contribution in [0.4, 0.5) is 0 Å². The van der Waals surface area contributed by atoms with Crippen LogP contribution in [0.5, 0.6) is 5.75 Å². The molecule has 0 radical (unpaired) electrons. The lowest BCUT2D eigenvalue weighted by Crippen LogP contribution is -2.33. The van der Waals surface area contributed by atoms with Gasteiger partial charge < -0.3 is 10.1 Å². The van der Waals surface area contributed by atoms with E-state index >= 15 is 0 Å². The van der Waals surface area contributed by atoms with E-state index in [1.54, 1.807) is 0 Å². The van der Waals surface area contributed by atoms with Gasteiger partial charge in [0.15, 0.2) is 0 Å². The second-order valence-electron chi connectivity index (χ2n) is 4.40. The van der Waals surface area contributed by atoms with Crippen LogP contribution in [0, 0.1) is 6.92 Å². The quantitative estimate of drug-likeness (QED) is 0.894. The molecule has 0 aliphatic rings. The van der Waals surface area contributed by atoms with E-state index < -0.39 is 0 Å². The lowest BCUT2D eigenvalue weighted by molar-refractivity contribution is 0.212. The van der Waals surface area contributed by atoms with Crippen LogP contribution < -0.4 is 10.1 Å². The van der Waals surface area contributed by atoms with E-state index in [9.17, 15) is 0 Å². The predicted molar refractivity (Wildman–Crippen MR) is 72.1 cm³/mol. The fourth-order valence-electron chi connectivity index (χ4n) is 1.41. The number of benzene rings is 1. The summed E-state index contributed by atoms with van der Waals surface area (Å²) in [5.74, 6) is 0.959. The summed E-state index contributed by atoms with van der Waals surface area (Å²) < 4.78 is 6.96. The molecule has 0 bridgehead atoms. The maximum absolute atomic E-state index is 5.87. The molecule has 1 rings (SSSR count). The monoisotopic (exact) mass is 285 g/mol. The minimum atomic E-state index is 0.183. The minimum Gasteiger partial charge on any atom is -0.489 e. The van der Waals surface area contributed by atoms with Gasteiger partial charge >= 0.3 is 0 Å². The smallest absolute Gasteiger partial charge is 0.122 e. The Morgan fingerprint density at radius 2 is 2.00 bits per heavy atom. The third kappa shape index (κ3) is 4.54. The normalized spacial score (nSPS) is 12.9. The van der Waals surface area contributed by atoms with Gasteiger partial charge in [0.1, 0.15) is 11.9 Å². The summed E-state index contributed by atoms with van der Waals surface area (Å²) in [4.78, 5) is 0. The van der Waals surface area contributed by atoms with Gasteiger partial charge in [0.05, 0.1) is 0 Å². The summed E-state index contributed by atoms with van der Waals surface area (Å²) in [6, 6.07) is 6.57. The fourth-order valence-corrected chi connectivity index (χ4v) is 1.88. The molecule has 2 nitrogen and oxygen atoms in total. The van der Waals surface area contributed by atoms with Crippen molar-refractivity contribution in [3.8, 4) is 5.75 Å². The number of hydrogen-bond acceptors (Lipinski definition) is 2. The first-order valence-corrected chi connectivity index (χ1v) is 6.44. The van der Waals surface area contributed by atoms with E-state index in [1.807, 2.05) is 12.1 Å². The van der Waals surface area contributed by atoms with Crippen LogP contribution >= 0.6 is 15.9 Å². The summed E-state index contributed by atoms with van der Waals surface area (Å²) in [7, 11) is 0. The molecule has 0 saturated carbocycles. The van der Waals surface area contributed by atoms with Gasteiger partial charge in [-0.2, -0.15) is 0 Å². The predicted octanol–water partition coefficient (Wildman–Crippen LogP) is 3.52. The van der Waals surface area contributed by atoms with Gasteiger partial charge in [-0.25, -0.2) is 0 Å². The summed E-state index contributed by atoms with van der Waals surface area (Å²) in [6.07, 6.45) is 0.183. The van der Waals surface area contributed by atoms with E-state index in [1.165, 1.54) is 0 Å². The Bertz CT molecular complexity index is 339. The SMILES string of the molecule is Cc1cc(Br)ccc1OC(C)CNC(C)C. The highest BCUT2D eigenvalue weighted by Gasteiger charge is 2.06. The van der Waals surface area contributed by atoms with E-state index in [4.69, 9.17) is 4.74 Å². The summed E-state index contributed by atoms with van der Waals surface area (Å²) in [5.41, 5.74) is 1.16. The lowest BCUT2D eigenvalue weighted by atomic mass is 10.2. The van der Waals surface area contributed by atoms with E-state index in [0.717, 1.165) is 22.3 Å². The first-order chi connectivity index (χ1) is 7.49. The zero-order chi connectivity index (χ0) is 12.1. The average Bonchev–Trinajstić information content (AvgIpc) is 2.19. The molecule has 1 aromatic carbocycles. The number of rotatable bonds is 5. The van der Waals surface area contributed by atoms with Crippen molar-refractivity contribution in [2.75, 3.05) is 6.54 Å². The summed E-state index contributed by atoms with van der Waals surface area (Å²) in [5, 5.41) is 3.36. The molecule has 0 amide bonds. The number of halogens is 1. The molecule has 0 aliphatic heterocycles. The van der Waals surface area contributed by atoms with Crippen molar-refractivity contribution in [1.29, 1.82) is 0 Å². The maximum atomic E-state index is 5.87. The molecule has 0 aromatic heterocycles. The molecule has 0 heterocycles. The third-order valence-electron chi connectivity index (χ3n) is 2.28. The molecule has 1 aromatic rings. The minimum absolute atomic E-state index is 0.183. The van der Waals surface area contributed by atoms with E-state index in [-0.39, 0.29) is 6.10 Å². The van der Waals surface area contributed by atoms with Crippen LogP contribution in [-0.4, -0.2) is 18.7 Å². The second kappa shape index (κ2) is 6.26. The molecule has 1 unspecified atom stereocenters.